The number of fused-ring (bicyclic) bond motifs is 4. The molecule has 4 rings (SSSR count). The van der Waals surface area contributed by atoms with Gasteiger partial charge in [0, 0.05) is 18.8 Å². The lowest BCUT2D eigenvalue weighted by atomic mass is 9.89. The smallest absolute Gasteiger partial charge is 0.0859 e. The van der Waals surface area contributed by atoms with Crippen molar-refractivity contribution in [2.75, 3.05) is 0 Å². The maximum atomic E-state index is 12.9. The zero-order chi connectivity index (χ0) is 12.8. The first kappa shape index (κ1) is 11.4. The lowest BCUT2D eigenvalue weighted by Crippen LogP contribution is -2.15. The summed E-state index contributed by atoms with van der Waals surface area (Å²) in [7, 11) is -1.02. The minimum absolute atomic E-state index is 0.873. The van der Waals surface area contributed by atoms with E-state index in [9.17, 15) is 4.21 Å². The van der Waals surface area contributed by atoms with Crippen LogP contribution in [0.5, 0.6) is 0 Å². The standard InChI is InChI=1S/C16H15NOS/c18-19-15-7-8-17-10-13(15)9-12-6-5-11-3-1-2-4-14(11)16(12)19/h5-8,10H,1-4,9H2. The number of aromatic nitrogens is 1. The normalized spacial score (nSPS) is 20.3. The zero-order valence-corrected chi connectivity index (χ0v) is 11.5. The summed E-state index contributed by atoms with van der Waals surface area (Å²) in [4.78, 5) is 6.23. The molecule has 0 saturated carbocycles. The van der Waals surface area contributed by atoms with E-state index in [1.165, 1.54) is 29.5 Å². The zero-order valence-electron chi connectivity index (χ0n) is 10.7. The summed E-state index contributed by atoms with van der Waals surface area (Å²) in [6, 6.07) is 6.33. The number of hydrogen-bond acceptors (Lipinski definition) is 2. The van der Waals surface area contributed by atoms with Crippen molar-refractivity contribution < 1.29 is 4.21 Å². The molecule has 96 valence electrons. The quantitative estimate of drug-likeness (QED) is 0.628. The average molecular weight is 269 g/mol. The van der Waals surface area contributed by atoms with Gasteiger partial charge in [0.15, 0.2) is 0 Å². The van der Waals surface area contributed by atoms with Gasteiger partial charge < -0.3 is 0 Å². The molecule has 0 bridgehead atoms. The van der Waals surface area contributed by atoms with Crippen LogP contribution in [0.4, 0.5) is 0 Å². The van der Waals surface area contributed by atoms with Crippen LogP contribution in [-0.4, -0.2) is 9.19 Å². The van der Waals surface area contributed by atoms with Crippen LogP contribution >= 0.6 is 0 Å². The molecule has 0 radical (unpaired) electrons. The van der Waals surface area contributed by atoms with Crippen LogP contribution in [0.2, 0.25) is 0 Å². The van der Waals surface area contributed by atoms with Gasteiger partial charge in [-0.25, -0.2) is 4.21 Å². The third-order valence-electron chi connectivity index (χ3n) is 4.19. The van der Waals surface area contributed by atoms with Gasteiger partial charge >= 0.3 is 0 Å². The van der Waals surface area contributed by atoms with Crippen molar-refractivity contribution in [1.82, 2.24) is 4.98 Å². The fourth-order valence-corrected chi connectivity index (χ4v) is 4.86. The minimum Gasteiger partial charge on any atom is -0.264 e. The molecule has 3 heteroatoms. The van der Waals surface area contributed by atoms with Gasteiger partial charge in [-0.05, 0) is 54.0 Å². The highest BCUT2D eigenvalue weighted by molar-refractivity contribution is 7.85. The van der Waals surface area contributed by atoms with Gasteiger partial charge in [0.25, 0.3) is 0 Å². The lowest BCUT2D eigenvalue weighted by molar-refractivity contribution is 0.657. The highest BCUT2D eigenvalue weighted by Crippen LogP contribution is 2.37. The molecule has 0 saturated heterocycles. The van der Waals surface area contributed by atoms with Gasteiger partial charge in [-0.1, -0.05) is 12.1 Å². The predicted octanol–water partition coefficient (Wildman–Crippen LogP) is 3.03. The maximum absolute atomic E-state index is 12.9. The summed E-state index contributed by atoms with van der Waals surface area (Å²) in [6.07, 6.45) is 9.20. The third-order valence-corrected chi connectivity index (χ3v) is 5.86. The molecule has 2 aromatic rings. The van der Waals surface area contributed by atoms with Gasteiger partial charge in [0.1, 0.15) is 0 Å². The van der Waals surface area contributed by atoms with Gasteiger partial charge in [0.2, 0.25) is 0 Å². The van der Waals surface area contributed by atoms with Crippen molar-refractivity contribution >= 4 is 10.8 Å². The average Bonchev–Trinajstić information content (AvgIpc) is 2.47. The number of hydrogen-bond donors (Lipinski definition) is 0. The monoisotopic (exact) mass is 269 g/mol. The molecule has 1 unspecified atom stereocenters. The Hall–Kier alpha value is -1.48. The second kappa shape index (κ2) is 4.27. The van der Waals surface area contributed by atoms with E-state index in [4.69, 9.17) is 0 Å². The number of aryl methyl sites for hydroxylation is 1. The van der Waals surface area contributed by atoms with Crippen LogP contribution in [0, 0.1) is 0 Å². The van der Waals surface area contributed by atoms with E-state index >= 15 is 0 Å². The first-order chi connectivity index (χ1) is 9.34. The molecule has 1 aliphatic heterocycles. The number of nitrogens with zero attached hydrogens (tertiary/aromatic N) is 1. The number of pyridine rings is 1. The Morgan fingerprint density at radius 1 is 1.00 bits per heavy atom. The molecule has 1 aliphatic carbocycles. The Morgan fingerprint density at radius 2 is 1.84 bits per heavy atom. The summed E-state index contributed by atoms with van der Waals surface area (Å²) < 4.78 is 12.9. The molecule has 0 amide bonds. The summed E-state index contributed by atoms with van der Waals surface area (Å²) in [5.41, 5.74) is 5.13. The third kappa shape index (κ3) is 1.68. The Morgan fingerprint density at radius 3 is 2.79 bits per heavy atom. The SMILES string of the molecule is O=S1c2ccncc2Cc2ccc3c(c21)CCCC3. The second-order valence-electron chi connectivity index (χ2n) is 5.33. The minimum atomic E-state index is -1.02. The van der Waals surface area contributed by atoms with Crippen molar-refractivity contribution in [3.8, 4) is 0 Å². The van der Waals surface area contributed by atoms with Crippen LogP contribution in [-0.2, 0) is 30.1 Å². The van der Waals surface area contributed by atoms with Crippen molar-refractivity contribution in [3.63, 3.8) is 0 Å². The van der Waals surface area contributed by atoms with Crippen LogP contribution in [0.3, 0.4) is 0 Å². The molecule has 2 heterocycles. The molecule has 0 N–H and O–H groups in total. The number of rotatable bonds is 0. The topological polar surface area (TPSA) is 30.0 Å². The first-order valence-corrected chi connectivity index (χ1v) is 7.98. The van der Waals surface area contributed by atoms with Crippen molar-refractivity contribution in [1.29, 1.82) is 0 Å². The molecular formula is C16H15NOS. The molecule has 19 heavy (non-hydrogen) atoms. The molecular weight excluding hydrogens is 254 g/mol. The van der Waals surface area contributed by atoms with E-state index < -0.39 is 10.8 Å². The highest BCUT2D eigenvalue weighted by Gasteiger charge is 2.27. The Bertz CT molecular complexity index is 693. The summed E-state index contributed by atoms with van der Waals surface area (Å²) in [5, 5.41) is 0. The summed E-state index contributed by atoms with van der Waals surface area (Å²) in [6.45, 7) is 0. The Kier molecular flexibility index (Phi) is 2.55. The molecule has 1 aromatic heterocycles. The molecule has 0 spiro atoms. The van der Waals surface area contributed by atoms with E-state index in [0.29, 0.717) is 0 Å². The highest BCUT2D eigenvalue weighted by atomic mass is 32.2. The fraction of sp³-hybridized carbons (Fsp3) is 0.312. The first-order valence-electron chi connectivity index (χ1n) is 6.83. The maximum Gasteiger partial charge on any atom is 0.0859 e. The van der Waals surface area contributed by atoms with E-state index in [1.54, 1.807) is 6.20 Å². The van der Waals surface area contributed by atoms with Crippen LogP contribution in [0.25, 0.3) is 0 Å². The van der Waals surface area contributed by atoms with Crippen LogP contribution < -0.4 is 0 Å². The molecule has 0 fully saturated rings. The molecule has 2 nitrogen and oxygen atoms in total. The largest absolute Gasteiger partial charge is 0.264 e. The second-order valence-corrected chi connectivity index (χ2v) is 6.71. The van der Waals surface area contributed by atoms with Gasteiger partial charge in [-0.15, -0.1) is 0 Å². The molecule has 2 aliphatic rings. The summed E-state index contributed by atoms with van der Waals surface area (Å²) >= 11 is 0. The van der Waals surface area contributed by atoms with Crippen LogP contribution in [0.1, 0.15) is 35.1 Å². The fourth-order valence-electron chi connectivity index (χ4n) is 3.26. The van der Waals surface area contributed by atoms with Crippen LogP contribution in [0.15, 0.2) is 40.4 Å². The Balaban J connectivity index is 1.95. The number of benzene rings is 1. The summed E-state index contributed by atoms with van der Waals surface area (Å²) in [5.74, 6) is 0. The van der Waals surface area contributed by atoms with E-state index in [2.05, 4.69) is 17.1 Å². The molecule has 1 aromatic carbocycles. The Labute approximate surface area is 115 Å². The predicted molar refractivity (Wildman–Crippen MR) is 74.8 cm³/mol. The van der Waals surface area contributed by atoms with E-state index in [1.807, 2.05) is 12.3 Å². The van der Waals surface area contributed by atoms with Crippen molar-refractivity contribution in [2.24, 2.45) is 0 Å². The van der Waals surface area contributed by atoms with E-state index in [0.717, 1.165) is 34.6 Å². The lowest BCUT2D eigenvalue weighted by Gasteiger charge is -2.25. The van der Waals surface area contributed by atoms with Gasteiger partial charge in [-0.3, -0.25) is 4.98 Å². The molecule has 1 atom stereocenters. The van der Waals surface area contributed by atoms with Crippen molar-refractivity contribution in [2.45, 2.75) is 41.9 Å². The van der Waals surface area contributed by atoms with E-state index in [-0.39, 0.29) is 0 Å². The van der Waals surface area contributed by atoms with Crippen molar-refractivity contribution in [3.05, 3.63) is 52.8 Å². The van der Waals surface area contributed by atoms with Gasteiger partial charge in [-0.2, -0.15) is 0 Å². The van der Waals surface area contributed by atoms with Gasteiger partial charge in [0.05, 0.1) is 20.6 Å².